The predicted molar refractivity (Wildman–Crippen MR) is 112 cm³/mol. The lowest BCUT2D eigenvalue weighted by Crippen LogP contribution is -2.57. The average Bonchev–Trinajstić information content (AvgIpc) is 3.06. The lowest BCUT2D eigenvalue weighted by molar-refractivity contribution is -0.145. The van der Waals surface area contributed by atoms with E-state index in [4.69, 9.17) is 4.74 Å². The van der Waals surface area contributed by atoms with Crippen LogP contribution in [0.2, 0.25) is 0 Å². The summed E-state index contributed by atoms with van der Waals surface area (Å²) in [6.45, 7) is 7.65. The van der Waals surface area contributed by atoms with Crippen LogP contribution >= 0.6 is 0 Å². The van der Waals surface area contributed by atoms with Gasteiger partial charge >= 0.3 is 12.1 Å². The van der Waals surface area contributed by atoms with Crippen molar-refractivity contribution in [3.8, 4) is 0 Å². The van der Waals surface area contributed by atoms with Crippen molar-refractivity contribution < 1.29 is 29.0 Å². The number of rotatable bonds is 8. The molecule has 3 fully saturated rings. The fraction of sp³-hybridized carbons (Fsp3) is 0.727. The maximum absolute atomic E-state index is 13.3. The van der Waals surface area contributed by atoms with Gasteiger partial charge in [-0.15, -0.1) is 6.58 Å². The van der Waals surface area contributed by atoms with Crippen molar-refractivity contribution in [3.05, 3.63) is 12.7 Å². The molecule has 0 bridgehead atoms. The van der Waals surface area contributed by atoms with Crippen LogP contribution in [0.15, 0.2) is 12.7 Å². The third-order valence-electron chi connectivity index (χ3n) is 6.65. The van der Waals surface area contributed by atoms with Crippen LogP contribution in [0.3, 0.4) is 0 Å². The Hall–Kier alpha value is -2.58. The Morgan fingerprint density at radius 2 is 1.84 bits per heavy atom. The van der Waals surface area contributed by atoms with Gasteiger partial charge < -0.3 is 25.4 Å². The Morgan fingerprint density at radius 3 is 2.39 bits per heavy atom. The molecule has 9 nitrogen and oxygen atoms in total. The van der Waals surface area contributed by atoms with Crippen molar-refractivity contribution >= 4 is 23.9 Å². The van der Waals surface area contributed by atoms with Crippen molar-refractivity contribution in [3.63, 3.8) is 0 Å². The third-order valence-corrected chi connectivity index (χ3v) is 6.65. The number of nitrogens with one attached hydrogen (secondary N) is 2. The molecule has 31 heavy (non-hydrogen) atoms. The van der Waals surface area contributed by atoms with Gasteiger partial charge in [0.05, 0.1) is 0 Å². The summed E-state index contributed by atoms with van der Waals surface area (Å²) in [6, 6.07) is -1.58. The SMILES string of the molecule is C=C[C@@H]1C[C@]1(NC(=O)[C@@H]1CCCN1C(=O)[C@@H](NC(=O)OC1CCCC1)C(C)C)C(=O)O. The normalized spacial score (nSPS) is 28.8. The van der Waals surface area contributed by atoms with Crippen LogP contribution in [-0.2, 0) is 19.1 Å². The van der Waals surface area contributed by atoms with E-state index >= 15 is 0 Å². The van der Waals surface area contributed by atoms with E-state index in [9.17, 15) is 24.3 Å². The number of ether oxygens (including phenoxy) is 1. The molecule has 0 aromatic rings. The van der Waals surface area contributed by atoms with E-state index in [1.807, 2.05) is 13.8 Å². The van der Waals surface area contributed by atoms with Crippen LogP contribution in [0, 0.1) is 11.8 Å². The second kappa shape index (κ2) is 9.28. The van der Waals surface area contributed by atoms with E-state index in [2.05, 4.69) is 17.2 Å². The van der Waals surface area contributed by atoms with E-state index in [0.717, 1.165) is 25.7 Å². The van der Waals surface area contributed by atoms with E-state index in [1.54, 1.807) is 0 Å². The minimum Gasteiger partial charge on any atom is -0.479 e. The molecule has 3 rings (SSSR count). The van der Waals surface area contributed by atoms with Crippen molar-refractivity contribution in [2.45, 2.75) is 82.5 Å². The minimum absolute atomic E-state index is 0.114. The van der Waals surface area contributed by atoms with Gasteiger partial charge in [-0.3, -0.25) is 9.59 Å². The van der Waals surface area contributed by atoms with E-state index in [-0.39, 0.29) is 23.8 Å². The van der Waals surface area contributed by atoms with Gasteiger partial charge in [0.15, 0.2) is 0 Å². The topological polar surface area (TPSA) is 125 Å². The van der Waals surface area contributed by atoms with E-state index in [0.29, 0.717) is 25.8 Å². The van der Waals surface area contributed by atoms with Crippen LogP contribution in [0.25, 0.3) is 0 Å². The first kappa shape index (κ1) is 23.1. The maximum Gasteiger partial charge on any atom is 0.408 e. The molecule has 0 aromatic heterocycles. The number of carbonyl (C=O) groups is 4. The molecule has 172 valence electrons. The molecule has 0 unspecified atom stereocenters. The second-order valence-electron chi connectivity index (χ2n) is 9.18. The zero-order valence-corrected chi connectivity index (χ0v) is 18.3. The van der Waals surface area contributed by atoms with Crippen molar-refractivity contribution in [1.82, 2.24) is 15.5 Å². The molecule has 0 spiro atoms. The minimum atomic E-state index is -1.34. The highest BCUT2D eigenvalue weighted by atomic mass is 16.6. The average molecular weight is 436 g/mol. The van der Waals surface area contributed by atoms with Gasteiger partial charge in [0, 0.05) is 12.5 Å². The third kappa shape index (κ3) is 4.85. The second-order valence-corrected chi connectivity index (χ2v) is 9.18. The van der Waals surface area contributed by atoms with Crippen molar-refractivity contribution in [1.29, 1.82) is 0 Å². The number of aliphatic carboxylic acids is 1. The monoisotopic (exact) mass is 435 g/mol. The zero-order valence-electron chi connectivity index (χ0n) is 18.3. The van der Waals surface area contributed by atoms with Crippen LogP contribution in [0.4, 0.5) is 4.79 Å². The lowest BCUT2D eigenvalue weighted by atomic mass is 10.0. The summed E-state index contributed by atoms with van der Waals surface area (Å²) < 4.78 is 5.43. The fourth-order valence-corrected chi connectivity index (χ4v) is 4.63. The first-order valence-corrected chi connectivity index (χ1v) is 11.1. The molecule has 3 amide bonds. The molecule has 0 aromatic carbocycles. The summed E-state index contributed by atoms with van der Waals surface area (Å²) in [7, 11) is 0. The molecule has 0 radical (unpaired) electrons. The van der Waals surface area contributed by atoms with Crippen LogP contribution < -0.4 is 10.6 Å². The molecular weight excluding hydrogens is 402 g/mol. The van der Waals surface area contributed by atoms with Gasteiger partial charge in [-0.05, 0) is 50.9 Å². The first-order chi connectivity index (χ1) is 14.7. The Bertz CT molecular complexity index is 748. The van der Waals surface area contributed by atoms with E-state index in [1.165, 1.54) is 11.0 Å². The Morgan fingerprint density at radius 1 is 1.16 bits per heavy atom. The summed E-state index contributed by atoms with van der Waals surface area (Å²) in [5, 5.41) is 14.9. The number of amides is 3. The molecule has 3 aliphatic rings. The molecule has 1 saturated heterocycles. The number of nitrogens with zero attached hydrogens (tertiary/aromatic N) is 1. The number of hydrogen-bond donors (Lipinski definition) is 3. The van der Waals surface area contributed by atoms with Gasteiger partial charge in [-0.1, -0.05) is 19.9 Å². The number of carboxylic acid groups (broad SMARTS) is 1. The predicted octanol–water partition coefficient (Wildman–Crippen LogP) is 1.82. The molecule has 4 atom stereocenters. The van der Waals surface area contributed by atoms with Gasteiger partial charge in [-0.2, -0.15) is 0 Å². The quantitative estimate of drug-likeness (QED) is 0.500. The van der Waals surface area contributed by atoms with Gasteiger partial charge in [0.2, 0.25) is 11.8 Å². The van der Waals surface area contributed by atoms with Crippen molar-refractivity contribution in [2.24, 2.45) is 11.8 Å². The van der Waals surface area contributed by atoms with Gasteiger partial charge in [0.25, 0.3) is 0 Å². The molecule has 1 aliphatic heterocycles. The summed E-state index contributed by atoms with van der Waals surface area (Å²) >= 11 is 0. The van der Waals surface area contributed by atoms with Crippen molar-refractivity contribution in [2.75, 3.05) is 6.54 Å². The molecule has 1 heterocycles. The Kier molecular flexibility index (Phi) is 6.91. The Labute approximate surface area is 182 Å². The maximum atomic E-state index is 13.3. The first-order valence-electron chi connectivity index (χ1n) is 11.1. The van der Waals surface area contributed by atoms with E-state index < -0.39 is 35.6 Å². The summed E-state index contributed by atoms with van der Waals surface area (Å²) in [5.74, 6) is -2.45. The van der Waals surface area contributed by atoms with Crippen LogP contribution in [0.5, 0.6) is 0 Å². The zero-order chi connectivity index (χ0) is 22.8. The molecule has 2 aliphatic carbocycles. The highest BCUT2D eigenvalue weighted by Crippen LogP contribution is 2.44. The standard InChI is InChI=1S/C22H33N3O6/c1-4-14-12-22(14,20(28)29)24-18(26)16-10-7-11-25(16)19(27)17(13(2)3)23-21(30)31-15-8-5-6-9-15/h4,13-17H,1,5-12H2,2-3H3,(H,23,30)(H,24,26)(H,28,29)/t14-,16+,17+,22-/m1/s1. The highest BCUT2D eigenvalue weighted by Gasteiger charge is 2.61. The molecule has 2 saturated carbocycles. The van der Waals surface area contributed by atoms with Crippen LogP contribution in [0.1, 0.15) is 58.8 Å². The van der Waals surface area contributed by atoms with Gasteiger partial charge in [-0.25, -0.2) is 9.59 Å². The summed E-state index contributed by atoms with van der Waals surface area (Å²) in [6.07, 6.45) is 5.89. The smallest absolute Gasteiger partial charge is 0.408 e. The lowest BCUT2D eigenvalue weighted by Gasteiger charge is -2.31. The summed E-state index contributed by atoms with van der Waals surface area (Å²) in [5.41, 5.74) is -1.34. The molecule has 9 heteroatoms. The molecular formula is C22H33N3O6. The van der Waals surface area contributed by atoms with Crippen LogP contribution in [-0.4, -0.2) is 64.2 Å². The number of likely N-dealkylation sites (tertiary alicyclic amines) is 1. The molecule has 3 N–H and O–H groups in total. The fourth-order valence-electron chi connectivity index (χ4n) is 4.63. The Balaban J connectivity index is 1.65. The number of carboxylic acids is 1. The number of carbonyl (C=O) groups excluding carboxylic acids is 3. The number of alkyl carbamates (subject to hydrolysis) is 1. The summed E-state index contributed by atoms with van der Waals surface area (Å²) in [4.78, 5) is 51.6. The number of hydrogen-bond acceptors (Lipinski definition) is 5. The highest BCUT2D eigenvalue weighted by molar-refractivity contribution is 5.96. The van der Waals surface area contributed by atoms with Gasteiger partial charge in [0.1, 0.15) is 23.7 Å². The largest absolute Gasteiger partial charge is 0.479 e.